The van der Waals surface area contributed by atoms with E-state index in [4.69, 9.17) is 4.74 Å². The molecule has 0 aliphatic rings. The summed E-state index contributed by atoms with van der Waals surface area (Å²) in [6.07, 6.45) is 1.07. The van der Waals surface area contributed by atoms with Gasteiger partial charge in [0.15, 0.2) is 0 Å². The second kappa shape index (κ2) is 5.66. The fourth-order valence-corrected chi connectivity index (χ4v) is 1.35. The van der Waals surface area contributed by atoms with Gasteiger partial charge in [0.1, 0.15) is 0 Å². The quantitative estimate of drug-likeness (QED) is 0.776. The van der Waals surface area contributed by atoms with E-state index in [0.717, 1.165) is 13.0 Å². The Morgan fingerprint density at radius 3 is 2.43 bits per heavy atom. The van der Waals surface area contributed by atoms with Gasteiger partial charge in [-0.05, 0) is 25.5 Å². The number of nitrogens with one attached hydrogen (secondary N) is 1. The minimum absolute atomic E-state index is 0.405. The summed E-state index contributed by atoms with van der Waals surface area (Å²) in [5.41, 5.74) is 2.45. The molecule has 1 atom stereocenters. The summed E-state index contributed by atoms with van der Waals surface area (Å²) in [4.78, 5) is 0. The molecule has 1 aromatic carbocycles. The Labute approximate surface area is 86.3 Å². The van der Waals surface area contributed by atoms with Gasteiger partial charge in [0.2, 0.25) is 0 Å². The van der Waals surface area contributed by atoms with Crippen molar-refractivity contribution >= 4 is 5.69 Å². The van der Waals surface area contributed by atoms with Crippen LogP contribution in [0.1, 0.15) is 18.9 Å². The highest BCUT2D eigenvalue weighted by Gasteiger charge is 2.04. The molecule has 0 aliphatic heterocycles. The minimum atomic E-state index is 0.405. The number of hydrogen-bond donors (Lipinski definition) is 1. The molecule has 2 heteroatoms. The Hall–Kier alpha value is -1.02. The first-order chi connectivity index (χ1) is 6.76. The molecule has 1 rings (SSSR count). The van der Waals surface area contributed by atoms with Gasteiger partial charge < -0.3 is 10.1 Å². The third kappa shape index (κ3) is 3.38. The number of rotatable bonds is 5. The van der Waals surface area contributed by atoms with Crippen molar-refractivity contribution in [1.29, 1.82) is 0 Å². The third-order valence-electron chi connectivity index (χ3n) is 2.28. The van der Waals surface area contributed by atoms with Crippen LogP contribution in [0.15, 0.2) is 24.3 Å². The van der Waals surface area contributed by atoms with E-state index >= 15 is 0 Å². The van der Waals surface area contributed by atoms with Crippen molar-refractivity contribution in [2.24, 2.45) is 0 Å². The molecule has 0 spiro atoms. The molecule has 0 bridgehead atoms. The molecule has 0 amide bonds. The molecule has 78 valence electrons. The van der Waals surface area contributed by atoms with Crippen molar-refractivity contribution in [2.45, 2.75) is 26.3 Å². The summed E-state index contributed by atoms with van der Waals surface area (Å²) in [7, 11) is 1.74. The van der Waals surface area contributed by atoms with Gasteiger partial charge >= 0.3 is 0 Å². The highest BCUT2D eigenvalue weighted by atomic mass is 16.5. The molecule has 1 N–H and O–H groups in total. The first-order valence-corrected chi connectivity index (χ1v) is 5.08. The second-order valence-electron chi connectivity index (χ2n) is 3.57. The molecule has 1 unspecified atom stereocenters. The third-order valence-corrected chi connectivity index (χ3v) is 2.28. The van der Waals surface area contributed by atoms with Gasteiger partial charge in [0.05, 0.1) is 6.61 Å². The molecule has 0 radical (unpaired) electrons. The van der Waals surface area contributed by atoms with Gasteiger partial charge in [-0.15, -0.1) is 0 Å². The van der Waals surface area contributed by atoms with Crippen LogP contribution in [-0.4, -0.2) is 19.8 Å². The molecule has 2 nitrogen and oxygen atoms in total. The van der Waals surface area contributed by atoms with Crippen LogP contribution < -0.4 is 5.32 Å². The zero-order valence-corrected chi connectivity index (χ0v) is 9.21. The van der Waals surface area contributed by atoms with Crippen molar-refractivity contribution < 1.29 is 4.74 Å². The van der Waals surface area contributed by atoms with Crippen LogP contribution in [0.25, 0.3) is 0 Å². The molecule has 0 fully saturated rings. The van der Waals surface area contributed by atoms with E-state index < -0.39 is 0 Å². The van der Waals surface area contributed by atoms with E-state index in [1.165, 1.54) is 11.3 Å². The van der Waals surface area contributed by atoms with Crippen LogP contribution in [0, 0.1) is 6.92 Å². The molecule has 0 saturated heterocycles. The fraction of sp³-hybridized carbons (Fsp3) is 0.500. The van der Waals surface area contributed by atoms with E-state index in [0.29, 0.717) is 6.04 Å². The molecular weight excluding hydrogens is 174 g/mol. The number of methoxy groups -OCH3 is 1. The lowest BCUT2D eigenvalue weighted by atomic mass is 10.2. The van der Waals surface area contributed by atoms with Crippen LogP contribution in [-0.2, 0) is 4.74 Å². The van der Waals surface area contributed by atoms with E-state index in [-0.39, 0.29) is 0 Å². The average Bonchev–Trinajstić information content (AvgIpc) is 2.20. The van der Waals surface area contributed by atoms with Gasteiger partial charge in [-0.2, -0.15) is 0 Å². The van der Waals surface area contributed by atoms with Crippen LogP contribution in [0.3, 0.4) is 0 Å². The Bertz CT molecular complexity index is 256. The van der Waals surface area contributed by atoms with E-state index in [1.807, 2.05) is 0 Å². The number of ether oxygens (including phenoxy) is 1. The smallest absolute Gasteiger partial charge is 0.0663 e. The van der Waals surface area contributed by atoms with Gasteiger partial charge in [0, 0.05) is 18.8 Å². The number of hydrogen-bond acceptors (Lipinski definition) is 2. The van der Waals surface area contributed by atoms with Gasteiger partial charge in [-0.25, -0.2) is 0 Å². The topological polar surface area (TPSA) is 21.3 Å². The summed E-state index contributed by atoms with van der Waals surface area (Å²) in [6.45, 7) is 5.01. The van der Waals surface area contributed by atoms with Gasteiger partial charge in [-0.1, -0.05) is 24.6 Å². The van der Waals surface area contributed by atoms with Gasteiger partial charge in [0.25, 0.3) is 0 Å². The Kier molecular flexibility index (Phi) is 4.47. The number of benzene rings is 1. The Balaban J connectivity index is 2.53. The molecule has 1 aromatic rings. The first-order valence-electron chi connectivity index (χ1n) is 5.08. The van der Waals surface area contributed by atoms with Crippen molar-refractivity contribution in [2.75, 3.05) is 19.0 Å². The summed E-state index contributed by atoms with van der Waals surface area (Å²) < 4.78 is 5.13. The predicted octanol–water partition coefficient (Wildman–Crippen LogP) is 2.83. The zero-order chi connectivity index (χ0) is 10.4. The SMILES string of the molecule is CCC(COC)Nc1ccc(C)cc1. The summed E-state index contributed by atoms with van der Waals surface area (Å²) in [6, 6.07) is 8.84. The van der Waals surface area contributed by atoms with Crippen LogP contribution in [0.4, 0.5) is 5.69 Å². The molecule has 0 saturated carbocycles. The van der Waals surface area contributed by atoms with E-state index in [1.54, 1.807) is 7.11 Å². The maximum absolute atomic E-state index is 5.13. The average molecular weight is 193 g/mol. The molecular formula is C12H19NO. The number of anilines is 1. The second-order valence-corrected chi connectivity index (χ2v) is 3.57. The summed E-state index contributed by atoms with van der Waals surface area (Å²) in [5.74, 6) is 0. The summed E-state index contributed by atoms with van der Waals surface area (Å²) in [5, 5.41) is 3.43. The highest BCUT2D eigenvalue weighted by Crippen LogP contribution is 2.11. The van der Waals surface area contributed by atoms with Crippen LogP contribution in [0.2, 0.25) is 0 Å². The van der Waals surface area contributed by atoms with Crippen molar-refractivity contribution in [3.05, 3.63) is 29.8 Å². The standard InChI is InChI=1S/C12H19NO/c1-4-11(9-14-3)13-12-7-5-10(2)6-8-12/h5-8,11,13H,4,9H2,1-3H3. The Morgan fingerprint density at radius 1 is 1.29 bits per heavy atom. The molecule has 0 aromatic heterocycles. The van der Waals surface area contributed by atoms with Crippen LogP contribution in [0.5, 0.6) is 0 Å². The van der Waals surface area contributed by atoms with E-state index in [2.05, 4.69) is 43.4 Å². The lowest BCUT2D eigenvalue weighted by molar-refractivity contribution is 0.184. The number of aryl methyl sites for hydroxylation is 1. The first kappa shape index (κ1) is 11.1. The largest absolute Gasteiger partial charge is 0.383 e. The van der Waals surface area contributed by atoms with Crippen molar-refractivity contribution in [3.63, 3.8) is 0 Å². The molecule has 0 heterocycles. The fourth-order valence-electron chi connectivity index (χ4n) is 1.35. The molecule has 0 aliphatic carbocycles. The lowest BCUT2D eigenvalue weighted by Gasteiger charge is -2.17. The maximum Gasteiger partial charge on any atom is 0.0663 e. The zero-order valence-electron chi connectivity index (χ0n) is 9.21. The monoisotopic (exact) mass is 193 g/mol. The maximum atomic E-state index is 5.13. The van der Waals surface area contributed by atoms with Gasteiger partial charge in [-0.3, -0.25) is 0 Å². The Morgan fingerprint density at radius 2 is 1.93 bits per heavy atom. The van der Waals surface area contributed by atoms with Crippen LogP contribution >= 0.6 is 0 Å². The van der Waals surface area contributed by atoms with Crippen molar-refractivity contribution in [1.82, 2.24) is 0 Å². The van der Waals surface area contributed by atoms with E-state index in [9.17, 15) is 0 Å². The summed E-state index contributed by atoms with van der Waals surface area (Å²) >= 11 is 0. The van der Waals surface area contributed by atoms with Crippen molar-refractivity contribution in [3.8, 4) is 0 Å². The predicted molar refractivity (Wildman–Crippen MR) is 60.8 cm³/mol. The molecule has 14 heavy (non-hydrogen) atoms. The normalized spacial score (nSPS) is 12.5. The lowest BCUT2D eigenvalue weighted by Crippen LogP contribution is -2.23. The minimum Gasteiger partial charge on any atom is -0.383 e. The highest BCUT2D eigenvalue weighted by molar-refractivity contribution is 5.45.